The Morgan fingerprint density at radius 1 is 1.27 bits per heavy atom. The Bertz CT molecular complexity index is 1110. The SMILES string of the molecule is CCNC(=S)Nc1ccc2ncc(C(C=[NH+]Cc3cc(C)cc(F)c3)=CN)nc2n1. The number of hydrogen-bond acceptors (Lipinski definition) is 5. The first kappa shape index (κ1) is 21.3. The first-order valence-electron chi connectivity index (χ1n) is 9.42. The van der Waals surface area contributed by atoms with Gasteiger partial charge in [0.1, 0.15) is 17.2 Å². The van der Waals surface area contributed by atoms with E-state index in [0.29, 0.717) is 46.5 Å². The summed E-state index contributed by atoms with van der Waals surface area (Å²) in [5.41, 5.74) is 9.80. The van der Waals surface area contributed by atoms with Crippen LogP contribution in [0, 0.1) is 12.7 Å². The summed E-state index contributed by atoms with van der Waals surface area (Å²) in [6.45, 7) is 4.98. The van der Waals surface area contributed by atoms with Gasteiger partial charge < -0.3 is 16.4 Å². The highest BCUT2D eigenvalue weighted by Gasteiger charge is 2.09. The van der Waals surface area contributed by atoms with Gasteiger partial charge in [-0.2, -0.15) is 0 Å². The van der Waals surface area contributed by atoms with Crippen molar-refractivity contribution in [1.29, 1.82) is 0 Å². The van der Waals surface area contributed by atoms with Gasteiger partial charge in [-0.3, -0.25) is 4.98 Å². The van der Waals surface area contributed by atoms with Crippen LogP contribution < -0.4 is 21.4 Å². The Balaban J connectivity index is 1.79. The summed E-state index contributed by atoms with van der Waals surface area (Å²) in [6, 6.07) is 8.50. The molecule has 0 atom stereocenters. The van der Waals surface area contributed by atoms with Crippen molar-refractivity contribution in [2.75, 3.05) is 11.9 Å². The smallest absolute Gasteiger partial charge is 0.180 e. The van der Waals surface area contributed by atoms with Crippen molar-refractivity contribution in [1.82, 2.24) is 20.3 Å². The minimum Gasteiger partial charge on any atom is -0.404 e. The molecule has 0 radical (unpaired) electrons. The quantitative estimate of drug-likeness (QED) is 0.351. The maximum atomic E-state index is 13.5. The summed E-state index contributed by atoms with van der Waals surface area (Å²) in [4.78, 5) is 16.6. The van der Waals surface area contributed by atoms with Crippen LogP contribution in [-0.2, 0) is 6.54 Å². The average Bonchev–Trinajstić information content (AvgIpc) is 2.70. The maximum Gasteiger partial charge on any atom is 0.180 e. The molecule has 9 heteroatoms. The molecule has 0 spiro atoms. The molecule has 3 rings (SSSR count). The van der Waals surface area contributed by atoms with Crippen molar-refractivity contribution in [3.63, 3.8) is 0 Å². The molecule has 30 heavy (non-hydrogen) atoms. The van der Waals surface area contributed by atoms with E-state index in [9.17, 15) is 4.39 Å². The second-order valence-corrected chi connectivity index (χ2v) is 6.97. The van der Waals surface area contributed by atoms with Crippen LogP contribution in [0.25, 0.3) is 16.7 Å². The van der Waals surface area contributed by atoms with Crippen LogP contribution >= 0.6 is 12.2 Å². The van der Waals surface area contributed by atoms with E-state index < -0.39 is 0 Å². The summed E-state index contributed by atoms with van der Waals surface area (Å²) < 4.78 is 13.5. The van der Waals surface area contributed by atoms with Gasteiger partial charge in [0, 0.05) is 18.3 Å². The molecule has 1 aromatic carbocycles. The Hall–Kier alpha value is -3.46. The van der Waals surface area contributed by atoms with Gasteiger partial charge in [-0.15, -0.1) is 0 Å². The largest absolute Gasteiger partial charge is 0.404 e. The molecule has 0 aliphatic heterocycles. The molecule has 5 N–H and O–H groups in total. The summed E-state index contributed by atoms with van der Waals surface area (Å²) in [6.07, 6.45) is 4.78. The average molecular weight is 425 g/mol. The lowest BCUT2D eigenvalue weighted by Crippen LogP contribution is -2.67. The normalized spacial score (nSPS) is 11.8. The molecule has 154 valence electrons. The number of pyridine rings is 1. The van der Waals surface area contributed by atoms with Crippen LogP contribution in [0.4, 0.5) is 10.2 Å². The van der Waals surface area contributed by atoms with E-state index in [2.05, 4.69) is 30.6 Å². The highest BCUT2D eigenvalue weighted by molar-refractivity contribution is 7.80. The molecule has 0 amide bonds. The van der Waals surface area contributed by atoms with Crippen LogP contribution in [0.1, 0.15) is 23.7 Å². The Kier molecular flexibility index (Phi) is 6.97. The van der Waals surface area contributed by atoms with E-state index in [-0.39, 0.29) is 5.82 Å². The van der Waals surface area contributed by atoms with E-state index >= 15 is 0 Å². The van der Waals surface area contributed by atoms with Gasteiger partial charge in [-0.25, -0.2) is 19.4 Å². The number of nitrogens with one attached hydrogen (secondary N) is 3. The second kappa shape index (κ2) is 9.84. The molecule has 2 heterocycles. The summed E-state index contributed by atoms with van der Waals surface area (Å²) in [5.74, 6) is 0.313. The fraction of sp³-hybridized carbons (Fsp3) is 0.190. The first-order chi connectivity index (χ1) is 14.5. The molecule has 2 aromatic heterocycles. The fourth-order valence-corrected chi connectivity index (χ4v) is 3.08. The summed E-state index contributed by atoms with van der Waals surface area (Å²) in [7, 11) is 0. The highest BCUT2D eigenvalue weighted by atomic mass is 32.1. The topological polar surface area (TPSA) is 103 Å². The van der Waals surface area contributed by atoms with Gasteiger partial charge >= 0.3 is 0 Å². The van der Waals surface area contributed by atoms with Crippen LogP contribution in [0.3, 0.4) is 0 Å². The van der Waals surface area contributed by atoms with Crippen LogP contribution in [0.2, 0.25) is 0 Å². The Morgan fingerprint density at radius 3 is 2.83 bits per heavy atom. The predicted octanol–water partition coefficient (Wildman–Crippen LogP) is 1.43. The number of halogens is 1. The van der Waals surface area contributed by atoms with E-state index in [1.807, 2.05) is 26.0 Å². The molecule has 0 unspecified atom stereocenters. The number of nitrogens with two attached hydrogens (primary N) is 1. The number of thiocarbonyl (C=S) groups is 1. The number of aryl methyl sites for hydroxylation is 1. The Morgan fingerprint density at radius 2 is 2.10 bits per heavy atom. The van der Waals surface area contributed by atoms with Crippen molar-refractivity contribution in [2.24, 2.45) is 5.73 Å². The molecule has 0 aliphatic rings. The van der Waals surface area contributed by atoms with E-state index in [1.165, 1.54) is 18.3 Å². The third-order valence-corrected chi connectivity index (χ3v) is 4.37. The molecular formula is C21H23FN7S+. The molecule has 0 saturated carbocycles. The number of rotatable bonds is 6. The van der Waals surface area contributed by atoms with Crippen LogP contribution in [-0.4, -0.2) is 32.8 Å². The van der Waals surface area contributed by atoms with E-state index in [4.69, 9.17) is 18.0 Å². The fourth-order valence-electron chi connectivity index (χ4n) is 2.83. The van der Waals surface area contributed by atoms with Gasteiger partial charge in [0.15, 0.2) is 23.5 Å². The molecule has 7 nitrogen and oxygen atoms in total. The van der Waals surface area contributed by atoms with Crippen molar-refractivity contribution in [2.45, 2.75) is 20.4 Å². The maximum absolute atomic E-state index is 13.5. The predicted molar refractivity (Wildman–Crippen MR) is 121 cm³/mol. The van der Waals surface area contributed by atoms with Crippen molar-refractivity contribution < 1.29 is 9.38 Å². The van der Waals surface area contributed by atoms with E-state index in [0.717, 1.165) is 11.1 Å². The number of hydrogen-bond donors (Lipinski definition) is 4. The van der Waals surface area contributed by atoms with Gasteiger partial charge in [0.2, 0.25) is 0 Å². The lowest BCUT2D eigenvalue weighted by molar-refractivity contribution is -0.468. The first-order valence-corrected chi connectivity index (χ1v) is 9.83. The van der Waals surface area contributed by atoms with Gasteiger partial charge in [-0.1, -0.05) is 0 Å². The van der Waals surface area contributed by atoms with Crippen molar-refractivity contribution in [3.05, 3.63) is 65.4 Å². The molecule has 0 fully saturated rings. The van der Waals surface area contributed by atoms with Crippen molar-refractivity contribution in [3.8, 4) is 0 Å². The lowest BCUT2D eigenvalue weighted by Gasteiger charge is -2.08. The third-order valence-electron chi connectivity index (χ3n) is 4.13. The van der Waals surface area contributed by atoms with Gasteiger partial charge in [-0.05, 0) is 62.0 Å². The monoisotopic (exact) mass is 424 g/mol. The lowest BCUT2D eigenvalue weighted by atomic mass is 10.1. The molecule has 0 bridgehead atoms. The number of anilines is 1. The molecular weight excluding hydrogens is 401 g/mol. The molecule has 0 aliphatic carbocycles. The van der Waals surface area contributed by atoms with Gasteiger partial charge in [0.05, 0.1) is 17.5 Å². The minimum atomic E-state index is -0.258. The number of aromatic nitrogens is 3. The number of fused-ring (bicyclic) bond motifs is 1. The zero-order chi connectivity index (χ0) is 21.5. The van der Waals surface area contributed by atoms with E-state index in [1.54, 1.807) is 18.5 Å². The standard InChI is InChI=1S/C21H22FN7S/c1-3-25-21(30)29-19-5-4-17-20(28-19)27-18(12-26-17)15(9-23)11-24-10-14-6-13(2)7-16(22)8-14/h4-9,11-12H,3,10,23H2,1-2H3,(H2,25,27,28,29,30)/p+1. The highest BCUT2D eigenvalue weighted by Crippen LogP contribution is 2.14. The number of allylic oxidation sites excluding steroid dienone is 1. The zero-order valence-corrected chi connectivity index (χ0v) is 17.6. The molecule has 0 saturated heterocycles. The molecule has 3 aromatic rings. The van der Waals surface area contributed by atoms with Crippen LogP contribution in [0.15, 0.2) is 42.7 Å². The number of nitrogens with zero attached hydrogens (tertiary/aromatic N) is 3. The second-order valence-electron chi connectivity index (χ2n) is 6.56. The zero-order valence-electron chi connectivity index (χ0n) is 16.7. The summed E-state index contributed by atoms with van der Waals surface area (Å²) in [5, 5.41) is 6.50. The number of benzene rings is 1. The third kappa shape index (κ3) is 5.54. The Labute approximate surface area is 179 Å². The summed E-state index contributed by atoms with van der Waals surface area (Å²) >= 11 is 5.19. The van der Waals surface area contributed by atoms with Crippen LogP contribution in [0.5, 0.6) is 0 Å². The minimum absolute atomic E-state index is 0.258. The van der Waals surface area contributed by atoms with Gasteiger partial charge in [0.25, 0.3) is 0 Å². The van der Waals surface area contributed by atoms with Crippen molar-refractivity contribution >= 4 is 46.1 Å².